The summed E-state index contributed by atoms with van der Waals surface area (Å²) in [6.07, 6.45) is 1.13. The lowest BCUT2D eigenvalue weighted by Crippen LogP contribution is -2.45. The van der Waals surface area contributed by atoms with Crippen molar-refractivity contribution in [1.82, 2.24) is 9.62 Å². The maximum absolute atomic E-state index is 13.1. The van der Waals surface area contributed by atoms with Crippen molar-refractivity contribution in [3.8, 4) is 0 Å². The minimum Gasteiger partial charge on any atom is -0.351 e. The summed E-state index contributed by atoms with van der Waals surface area (Å²) in [5, 5.41) is 5.39. The second kappa shape index (κ2) is 9.44. The Kier molecular flexibility index (Phi) is 6.91. The van der Waals surface area contributed by atoms with Crippen molar-refractivity contribution >= 4 is 27.6 Å². The van der Waals surface area contributed by atoms with Crippen molar-refractivity contribution in [1.29, 1.82) is 0 Å². The zero-order valence-electron chi connectivity index (χ0n) is 17.0. The Morgan fingerprint density at radius 3 is 2.39 bits per heavy atom. The summed E-state index contributed by atoms with van der Waals surface area (Å²) in [5.74, 6) is -1.23. The van der Waals surface area contributed by atoms with E-state index in [0.717, 1.165) is 17.7 Å². The Morgan fingerprint density at radius 2 is 1.77 bits per heavy atom. The van der Waals surface area contributed by atoms with Crippen molar-refractivity contribution < 1.29 is 22.4 Å². The van der Waals surface area contributed by atoms with Gasteiger partial charge in [0.15, 0.2) is 0 Å². The second-order valence-corrected chi connectivity index (χ2v) is 9.44. The first-order valence-corrected chi connectivity index (χ1v) is 11.3. The lowest BCUT2D eigenvalue weighted by Gasteiger charge is -2.32. The van der Waals surface area contributed by atoms with Gasteiger partial charge in [-0.05, 0) is 61.7 Å². The van der Waals surface area contributed by atoms with Crippen molar-refractivity contribution in [3.05, 3.63) is 59.9 Å². The van der Waals surface area contributed by atoms with Gasteiger partial charge in [-0.15, -0.1) is 0 Å². The monoisotopic (exact) mass is 448 g/mol. The number of amides is 3. The fourth-order valence-electron chi connectivity index (χ4n) is 3.54. The smallest absolute Gasteiger partial charge is 0.316 e. The fraction of sp³-hybridized carbons (Fsp3) is 0.333. The Bertz CT molecular complexity index is 1040. The van der Waals surface area contributed by atoms with Gasteiger partial charge in [-0.1, -0.05) is 12.1 Å². The first kappa shape index (κ1) is 22.7. The predicted octanol–water partition coefficient (Wildman–Crippen LogP) is 2.59. The molecule has 10 heteroatoms. The third-order valence-corrected chi connectivity index (χ3v) is 7.12. The quantitative estimate of drug-likeness (QED) is 0.629. The van der Waals surface area contributed by atoms with E-state index in [1.54, 1.807) is 24.3 Å². The van der Waals surface area contributed by atoms with E-state index in [2.05, 4.69) is 10.6 Å². The molecule has 2 aromatic rings. The van der Waals surface area contributed by atoms with Crippen molar-refractivity contribution in [3.63, 3.8) is 0 Å². The van der Waals surface area contributed by atoms with Crippen LogP contribution < -0.4 is 16.4 Å². The number of nitrogens with one attached hydrogen (secondary N) is 2. The highest BCUT2D eigenvalue weighted by Crippen LogP contribution is 2.25. The maximum Gasteiger partial charge on any atom is 0.316 e. The molecule has 1 heterocycles. The molecule has 0 bridgehead atoms. The summed E-state index contributed by atoms with van der Waals surface area (Å²) in [6.45, 7) is 2.21. The fourth-order valence-corrected chi connectivity index (χ4v) is 5.07. The van der Waals surface area contributed by atoms with Gasteiger partial charge in [0, 0.05) is 18.8 Å². The van der Waals surface area contributed by atoms with Gasteiger partial charge < -0.3 is 16.4 Å². The summed E-state index contributed by atoms with van der Waals surface area (Å²) < 4.78 is 40.1. The van der Waals surface area contributed by atoms with Crippen LogP contribution >= 0.6 is 0 Å². The molecular formula is C21H25FN4O4S. The molecule has 0 spiro atoms. The molecule has 4 N–H and O–H groups in total. The van der Waals surface area contributed by atoms with Crippen LogP contribution in [0, 0.1) is 11.7 Å². The zero-order valence-corrected chi connectivity index (χ0v) is 17.9. The number of piperidine rings is 1. The number of hydrogen-bond acceptors (Lipinski definition) is 4. The Morgan fingerprint density at radius 1 is 1.13 bits per heavy atom. The molecule has 2 aromatic carbocycles. The zero-order chi connectivity index (χ0) is 22.6. The van der Waals surface area contributed by atoms with Crippen LogP contribution in [0.4, 0.5) is 14.9 Å². The van der Waals surface area contributed by atoms with Gasteiger partial charge in [0.1, 0.15) is 5.82 Å². The number of benzene rings is 2. The molecule has 0 saturated carbocycles. The van der Waals surface area contributed by atoms with Crippen molar-refractivity contribution in [2.45, 2.75) is 30.7 Å². The number of rotatable bonds is 6. The minimum absolute atomic E-state index is 0.00739. The van der Waals surface area contributed by atoms with Gasteiger partial charge in [-0.3, -0.25) is 4.79 Å². The molecule has 3 rings (SSSR count). The molecule has 0 aromatic heterocycles. The number of primary amides is 1. The summed E-state index contributed by atoms with van der Waals surface area (Å²) in [7, 11) is -3.80. The Balaban J connectivity index is 1.64. The minimum atomic E-state index is -3.80. The van der Waals surface area contributed by atoms with Crippen LogP contribution in [0.1, 0.15) is 31.4 Å². The number of urea groups is 1. The third-order valence-electron chi connectivity index (χ3n) is 5.24. The number of anilines is 1. The topological polar surface area (TPSA) is 122 Å². The van der Waals surface area contributed by atoms with E-state index in [9.17, 15) is 22.4 Å². The number of nitrogens with zero attached hydrogens (tertiary/aromatic N) is 1. The first-order valence-electron chi connectivity index (χ1n) is 9.89. The van der Waals surface area contributed by atoms with E-state index < -0.39 is 27.8 Å². The van der Waals surface area contributed by atoms with E-state index in [-0.39, 0.29) is 23.4 Å². The van der Waals surface area contributed by atoms with Crippen LogP contribution in [0.5, 0.6) is 0 Å². The normalized spacial score (nSPS) is 18.2. The highest BCUT2D eigenvalue weighted by molar-refractivity contribution is 7.89. The lowest BCUT2D eigenvalue weighted by atomic mass is 9.98. The summed E-state index contributed by atoms with van der Waals surface area (Å²) >= 11 is 0. The molecule has 1 fully saturated rings. The summed E-state index contributed by atoms with van der Waals surface area (Å²) in [5.41, 5.74) is 6.46. The molecular weight excluding hydrogens is 423 g/mol. The van der Waals surface area contributed by atoms with Crippen LogP contribution in [-0.2, 0) is 14.8 Å². The van der Waals surface area contributed by atoms with E-state index in [4.69, 9.17) is 5.73 Å². The number of carbonyl (C=O) groups is 2. The van der Waals surface area contributed by atoms with Crippen molar-refractivity contribution in [2.75, 3.05) is 18.4 Å². The molecule has 2 unspecified atom stereocenters. The molecule has 166 valence electrons. The standard InChI is InChI=1S/C21H25FN4O4S/c1-14(15-4-8-18(9-5-15)25-21(23)28)24-20(27)16-3-2-12-26(13-16)31(29,30)19-10-6-17(22)7-11-19/h4-11,14,16H,2-3,12-13H2,1H3,(H,24,27)(H3,23,25,28). The van der Waals surface area contributed by atoms with E-state index in [1.165, 1.54) is 16.4 Å². The van der Waals surface area contributed by atoms with Gasteiger partial charge >= 0.3 is 6.03 Å². The lowest BCUT2D eigenvalue weighted by molar-refractivity contribution is -0.126. The number of nitrogens with two attached hydrogens (primary N) is 1. The van der Waals surface area contributed by atoms with E-state index in [0.29, 0.717) is 25.1 Å². The summed E-state index contributed by atoms with van der Waals surface area (Å²) in [6, 6.07) is 10.6. The number of sulfonamides is 1. The molecule has 1 saturated heterocycles. The first-order chi connectivity index (χ1) is 14.7. The number of carbonyl (C=O) groups excluding carboxylic acids is 2. The second-order valence-electron chi connectivity index (χ2n) is 7.50. The Hall–Kier alpha value is -2.98. The molecule has 31 heavy (non-hydrogen) atoms. The number of halogens is 1. The van der Waals surface area contributed by atoms with Gasteiger partial charge in [0.2, 0.25) is 15.9 Å². The Labute approximate surface area is 180 Å². The van der Waals surface area contributed by atoms with E-state index >= 15 is 0 Å². The van der Waals surface area contributed by atoms with Crippen molar-refractivity contribution in [2.24, 2.45) is 11.7 Å². The van der Waals surface area contributed by atoms with Crippen LogP contribution in [0.15, 0.2) is 53.4 Å². The molecule has 3 amide bonds. The predicted molar refractivity (Wildman–Crippen MR) is 114 cm³/mol. The molecule has 0 radical (unpaired) electrons. The summed E-state index contributed by atoms with van der Waals surface area (Å²) in [4.78, 5) is 23.7. The van der Waals surface area contributed by atoms with Crippen LogP contribution in [0.3, 0.4) is 0 Å². The average molecular weight is 449 g/mol. The molecule has 0 aliphatic carbocycles. The third kappa shape index (κ3) is 5.59. The van der Waals surface area contributed by atoms with Gasteiger partial charge in [-0.2, -0.15) is 4.31 Å². The van der Waals surface area contributed by atoms with Gasteiger partial charge in [0.25, 0.3) is 0 Å². The largest absolute Gasteiger partial charge is 0.351 e. The SMILES string of the molecule is CC(NC(=O)C1CCCN(S(=O)(=O)c2ccc(F)cc2)C1)c1ccc(NC(N)=O)cc1. The van der Waals surface area contributed by atoms with Gasteiger partial charge in [0.05, 0.1) is 16.9 Å². The van der Waals surface area contributed by atoms with Crippen LogP contribution in [0.2, 0.25) is 0 Å². The molecule has 8 nitrogen and oxygen atoms in total. The molecule has 1 aliphatic rings. The number of hydrogen-bond donors (Lipinski definition) is 3. The maximum atomic E-state index is 13.1. The highest BCUT2D eigenvalue weighted by Gasteiger charge is 2.33. The highest BCUT2D eigenvalue weighted by atomic mass is 32.2. The molecule has 2 atom stereocenters. The average Bonchev–Trinajstić information content (AvgIpc) is 2.74. The van der Waals surface area contributed by atoms with Crippen LogP contribution in [0.25, 0.3) is 0 Å². The molecule has 1 aliphatic heterocycles. The van der Waals surface area contributed by atoms with Crippen LogP contribution in [-0.4, -0.2) is 37.8 Å². The van der Waals surface area contributed by atoms with E-state index in [1.807, 2.05) is 6.92 Å². The van der Waals surface area contributed by atoms with Gasteiger partial charge in [-0.25, -0.2) is 17.6 Å².